The van der Waals surface area contributed by atoms with Gasteiger partial charge in [0.2, 0.25) is 0 Å². The molecule has 0 aliphatic heterocycles. The predicted octanol–water partition coefficient (Wildman–Crippen LogP) is 2.56. The Morgan fingerprint density at radius 3 is 2.67 bits per heavy atom. The zero-order valence-corrected chi connectivity index (χ0v) is 9.26. The third kappa shape index (κ3) is 2.42. The first-order chi connectivity index (χ1) is 7.11. The SMILES string of the molecule is N#CCc1c(C(F)F)cnc(N)c1CBr. The molecule has 1 aromatic heterocycles. The first kappa shape index (κ1) is 11.9. The average Bonchev–Trinajstić information content (AvgIpc) is 2.18. The van der Waals surface area contributed by atoms with E-state index in [0.717, 1.165) is 6.20 Å². The Kier molecular flexibility index (Phi) is 3.97. The highest BCUT2D eigenvalue weighted by molar-refractivity contribution is 9.08. The molecule has 1 aromatic rings. The summed E-state index contributed by atoms with van der Waals surface area (Å²) < 4.78 is 25.2. The molecule has 0 unspecified atom stereocenters. The highest BCUT2D eigenvalue weighted by Crippen LogP contribution is 2.28. The maximum atomic E-state index is 12.6. The number of hydrogen-bond donors (Lipinski definition) is 1. The molecule has 0 fully saturated rings. The van der Waals surface area contributed by atoms with Gasteiger partial charge >= 0.3 is 0 Å². The van der Waals surface area contributed by atoms with E-state index in [4.69, 9.17) is 11.0 Å². The minimum Gasteiger partial charge on any atom is -0.383 e. The maximum absolute atomic E-state index is 12.6. The minimum atomic E-state index is -2.64. The van der Waals surface area contributed by atoms with Crippen LogP contribution in [0.5, 0.6) is 0 Å². The number of nitrogens with two attached hydrogens (primary N) is 1. The van der Waals surface area contributed by atoms with Crippen molar-refractivity contribution in [2.45, 2.75) is 18.2 Å². The van der Waals surface area contributed by atoms with Crippen molar-refractivity contribution in [2.75, 3.05) is 5.73 Å². The quantitative estimate of drug-likeness (QED) is 0.863. The molecule has 15 heavy (non-hydrogen) atoms. The molecule has 0 aliphatic rings. The zero-order chi connectivity index (χ0) is 11.4. The van der Waals surface area contributed by atoms with Gasteiger partial charge in [0.05, 0.1) is 12.5 Å². The van der Waals surface area contributed by atoms with Crippen molar-refractivity contribution in [3.05, 3.63) is 22.9 Å². The van der Waals surface area contributed by atoms with Crippen molar-refractivity contribution in [1.29, 1.82) is 5.26 Å². The highest BCUT2D eigenvalue weighted by Gasteiger charge is 2.18. The molecule has 0 saturated carbocycles. The summed E-state index contributed by atoms with van der Waals surface area (Å²) >= 11 is 3.14. The summed E-state index contributed by atoms with van der Waals surface area (Å²) in [5.41, 5.74) is 6.06. The molecule has 0 saturated heterocycles. The topological polar surface area (TPSA) is 62.7 Å². The number of rotatable bonds is 3. The van der Waals surface area contributed by atoms with E-state index in [1.165, 1.54) is 0 Å². The van der Waals surface area contributed by atoms with E-state index in [-0.39, 0.29) is 23.4 Å². The molecular weight excluding hydrogens is 268 g/mol. The van der Waals surface area contributed by atoms with E-state index >= 15 is 0 Å². The molecule has 0 radical (unpaired) electrons. The lowest BCUT2D eigenvalue weighted by molar-refractivity contribution is 0.150. The van der Waals surface area contributed by atoms with Crippen LogP contribution in [0.2, 0.25) is 0 Å². The van der Waals surface area contributed by atoms with Crippen molar-refractivity contribution in [2.24, 2.45) is 0 Å². The van der Waals surface area contributed by atoms with E-state index in [0.29, 0.717) is 10.9 Å². The highest BCUT2D eigenvalue weighted by atomic mass is 79.9. The Morgan fingerprint density at radius 1 is 1.53 bits per heavy atom. The molecule has 2 N–H and O–H groups in total. The zero-order valence-electron chi connectivity index (χ0n) is 7.67. The number of nitriles is 1. The van der Waals surface area contributed by atoms with Crippen LogP contribution in [0.25, 0.3) is 0 Å². The van der Waals surface area contributed by atoms with Crippen LogP contribution < -0.4 is 5.73 Å². The van der Waals surface area contributed by atoms with Gasteiger partial charge in [0.25, 0.3) is 6.43 Å². The standard InChI is InChI=1S/C9H8BrF2N3/c10-3-6-5(1-2-13)7(8(11)12)4-15-9(6)14/h4,8H,1,3H2,(H2,14,15). The van der Waals surface area contributed by atoms with E-state index in [9.17, 15) is 8.78 Å². The Morgan fingerprint density at radius 2 is 2.20 bits per heavy atom. The molecule has 0 amide bonds. The molecule has 1 heterocycles. The number of alkyl halides is 3. The second kappa shape index (κ2) is 5.03. The van der Waals surface area contributed by atoms with Crippen LogP contribution in [0, 0.1) is 11.3 Å². The normalized spacial score (nSPS) is 10.3. The van der Waals surface area contributed by atoms with Crippen LogP contribution >= 0.6 is 15.9 Å². The fourth-order valence-electron chi connectivity index (χ4n) is 1.25. The number of aromatic nitrogens is 1. The van der Waals surface area contributed by atoms with Crippen molar-refractivity contribution < 1.29 is 8.78 Å². The third-order valence-electron chi connectivity index (χ3n) is 1.99. The number of anilines is 1. The lowest BCUT2D eigenvalue weighted by Crippen LogP contribution is -2.05. The van der Waals surface area contributed by atoms with Crippen molar-refractivity contribution in [3.63, 3.8) is 0 Å². The molecule has 0 aromatic carbocycles. The molecule has 1 rings (SSSR count). The lowest BCUT2D eigenvalue weighted by Gasteiger charge is -2.11. The predicted molar refractivity (Wildman–Crippen MR) is 55.6 cm³/mol. The molecule has 0 atom stereocenters. The van der Waals surface area contributed by atoms with Gasteiger partial charge in [-0.2, -0.15) is 5.26 Å². The summed E-state index contributed by atoms with van der Waals surface area (Å²) in [5.74, 6) is 0.182. The van der Waals surface area contributed by atoms with Crippen LogP contribution in [-0.2, 0) is 11.8 Å². The van der Waals surface area contributed by atoms with Crippen LogP contribution in [0.1, 0.15) is 23.1 Å². The van der Waals surface area contributed by atoms with Crippen LogP contribution in [0.4, 0.5) is 14.6 Å². The molecule has 0 aliphatic carbocycles. The largest absolute Gasteiger partial charge is 0.383 e. The number of halogens is 3. The molecule has 0 bridgehead atoms. The first-order valence-electron chi connectivity index (χ1n) is 4.09. The van der Waals surface area contributed by atoms with Crippen LogP contribution in [0.3, 0.4) is 0 Å². The van der Waals surface area contributed by atoms with E-state index in [1.807, 2.05) is 6.07 Å². The van der Waals surface area contributed by atoms with Gasteiger partial charge < -0.3 is 5.73 Å². The molecule has 80 valence electrons. The van der Waals surface area contributed by atoms with Gasteiger partial charge in [-0.3, -0.25) is 0 Å². The Balaban J connectivity index is 3.36. The van der Waals surface area contributed by atoms with Crippen molar-refractivity contribution in [1.82, 2.24) is 4.98 Å². The minimum absolute atomic E-state index is 0.0900. The average molecular weight is 276 g/mol. The maximum Gasteiger partial charge on any atom is 0.265 e. The lowest BCUT2D eigenvalue weighted by atomic mass is 10.0. The van der Waals surface area contributed by atoms with Gasteiger partial charge in [0.15, 0.2) is 0 Å². The third-order valence-corrected chi connectivity index (χ3v) is 2.55. The smallest absolute Gasteiger partial charge is 0.265 e. The number of hydrogen-bond acceptors (Lipinski definition) is 3. The number of nitrogen functional groups attached to an aromatic ring is 1. The van der Waals surface area contributed by atoms with E-state index in [1.54, 1.807) is 0 Å². The van der Waals surface area contributed by atoms with E-state index in [2.05, 4.69) is 20.9 Å². The van der Waals surface area contributed by atoms with Gasteiger partial charge in [-0.15, -0.1) is 0 Å². The van der Waals surface area contributed by atoms with Gasteiger partial charge in [-0.1, -0.05) is 15.9 Å². The van der Waals surface area contributed by atoms with Gasteiger partial charge in [-0.25, -0.2) is 13.8 Å². The van der Waals surface area contributed by atoms with Crippen molar-refractivity contribution >= 4 is 21.7 Å². The summed E-state index contributed by atoms with van der Waals surface area (Å²) in [6.45, 7) is 0. The monoisotopic (exact) mass is 275 g/mol. The fourth-order valence-corrected chi connectivity index (χ4v) is 1.87. The van der Waals surface area contributed by atoms with Gasteiger partial charge in [0.1, 0.15) is 5.82 Å². The summed E-state index contributed by atoms with van der Waals surface area (Å²) in [6, 6.07) is 1.84. The van der Waals surface area contributed by atoms with Gasteiger partial charge in [0, 0.05) is 22.7 Å². The number of nitrogens with zero attached hydrogens (tertiary/aromatic N) is 2. The Labute approximate surface area is 94.0 Å². The fraction of sp³-hybridized carbons (Fsp3) is 0.333. The second-order valence-electron chi connectivity index (χ2n) is 2.83. The molecule has 6 heteroatoms. The van der Waals surface area contributed by atoms with E-state index < -0.39 is 6.43 Å². The summed E-state index contributed by atoms with van der Waals surface area (Å²) in [4.78, 5) is 3.67. The summed E-state index contributed by atoms with van der Waals surface area (Å²) in [7, 11) is 0. The Bertz CT molecular complexity index is 401. The molecule has 0 spiro atoms. The summed E-state index contributed by atoms with van der Waals surface area (Å²) in [6.07, 6.45) is -1.70. The van der Waals surface area contributed by atoms with Crippen LogP contribution in [0.15, 0.2) is 6.20 Å². The number of pyridine rings is 1. The Hall–Kier alpha value is -1.22. The van der Waals surface area contributed by atoms with Crippen molar-refractivity contribution in [3.8, 4) is 6.07 Å². The molecular formula is C9H8BrF2N3. The van der Waals surface area contributed by atoms with Gasteiger partial charge in [-0.05, 0) is 5.56 Å². The second-order valence-corrected chi connectivity index (χ2v) is 3.39. The molecule has 3 nitrogen and oxygen atoms in total. The van der Waals surface area contributed by atoms with Crippen LogP contribution in [-0.4, -0.2) is 4.98 Å². The summed E-state index contributed by atoms with van der Waals surface area (Å²) in [5, 5.41) is 8.87. The first-order valence-corrected chi connectivity index (χ1v) is 5.21.